The first kappa shape index (κ1) is 12.5. The van der Waals surface area contributed by atoms with E-state index in [-0.39, 0.29) is 5.41 Å². The molecule has 1 aliphatic carbocycles. The van der Waals surface area contributed by atoms with Crippen LogP contribution in [-0.4, -0.2) is 10.7 Å². The number of rotatable bonds is 2. The van der Waals surface area contributed by atoms with E-state index in [1.165, 1.54) is 6.07 Å². The van der Waals surface area contributed by atoms with Crippen LogP contribution in [0.2, 0.25) is 0 Å². The van der Waals surface area contributed by atoms with E-state index >= 15 is 0 Å². The Morgan fingerprint density at radius 3 is 2.41 bits per heavy atom. The molecule has 0 aliphatic heterocycles. The van der Waals surface area contributed by atoms with Gasteiger partial charge in [0.2, 0.25) is 0 Å². The summed E-state index contributed by atoms with van der Waals surface area (Å²) in [5.41, 5.74) is -0.323. The minimum Gasteiger partial charge on any atom is -0.389 e. The van der Waals surface area contributed by atoms with Gasteiger partial charge in [0.05, 0.1) is 5.60 Å². The number of halogens is 2. The fourth-order valence-electron chi connectivity index (χ4n) is 2.71. The standard InChI is InChI=1S/C14H18F2O/c1-13(2)6-3-7-14(13,17)9-10-4-5-11(15)12(16)8-10/h4-5,8,17H,3,6-7,9H2,1-2H3. The third-order valence-corrected chi connectivity index (χ3v) is 4.13. The molecule has 1 saturated carbocycles. The molecule has 2 rings (SSSR count). The minimum atomic E-state index is -0.845. The largest absolute Gasteiger partial charge is 0.389 e. The van der Waals surface area contributed by atoms with Gasteiger partial charge >= 0.3 is 0 Å². The molecule has 1 fully saturated rings. The molecule has 0 bridgehead atoms. The topological polar surface area (TPSA) is 20.2 Å². The van der Waals surface area contributed by atoms with Crippen molar-refractivity contribution in [3.8, 4) is 0 Å². The second-order valence-corrected chi connectivity index (χ2v) is 5.69. The average Bonchev–Trinajstić information content (AvgIpc) is 2.47. The van der Waals surface area contributed by atoms with E-state index in [1.807, 2.05) is 13.8 Å². The Labute approximate surface area is 100 Å². The molecule has 1 aliphatic rings. The lowest BCUT2D eigenvalue weighted by molar-refractivity contribution is -0.0420. The molecule has 0 saturated heterocycles. The molecule has 0 amide bonds. The second kappa shape index (κ2) is 4.05. The Hall–Kier alpha value is -0.960. The second-order valence-electron chi connectivity index (χ2n) is 5.69. The summed E-state index contributed by atoms with van der Waals surface area (Å²) in [4.78, 5) is 0. The van der Waals surface area contributed by atoms with Crippen LogP contribution in [0.1, 0.15) is 38.7 Å². The highest BCUT2D eigenvalue weighted by Crippen LogP contribution is 2.47. The molecule has 1 aromatic rings. The molecule has 3 heteroatoms. The average molecular weight is 240 g/mol. The molecule has 17 heavy (non-hydrogen) atoms. The zero-order chi connectivity index (χ0) is 12.7. The Bertz CT molecular complexity index is 428. The van der Waals surface area contributed by atoms with Gasteiger partial charge in [0.15, 0.2) is 11.6 Å². The molecule has 94 valence electrons. The molecule has 1 atom stereocenters. The van der Waals surface area contributed by atoms with Crippen molar-refractivity contribution in [2.75, 3.05) is 0 Å². The van der Waals surface area contributed by atoms with Crippen molar-refractivity contribution in [1.29, 1.82) is 0 Å². The predicted molar refractivity (Wildman–Crippen MR) is 62.6 cm³/mol. The van der Waals surface area contributed by atoms with Crippen LogP contribution in [0.4, 0.5) is 8.78 Å². The van der Waals surface area contributed by atoms with Gasteiger partial charge in [0, 0.05) is 6.42 Å². The van der Waals surface area contributed by atoms with Crippen LogP contribution < -0.4 is 0 Å². The first-order valence-corrected chi connectivity index (χ1v) is 6.00. The maximum absolute atomic E-state index is 13.1. The van der Waals surface area contributed by atoms with Crippen molar-refractivity contribution < 1.29 is 13.9 Å². The monoisotopic (exact) mass is 240 g/mol. The summed E-state index contributed by atoms with van der Waals surface area (Å²) in [5, 5.41) is 10.6. The van der Waals surface area contributed by atoms with Crippen molar-refractivity contribution in [2.45, 2.75) is 45.1 Å². The highest BCUT2D eigenvalue weighted by Gasteiger charge is 2.47. The van der Waals surface area contributed by atoms with Gasteiger partial charge in [-0.3, -0.25) is 0 Å². The first-order valence-electron chi connectivity index (χ1n) is 6.00. The van der Waals surface area contributed by atoms with E-state index in [0.717, 1.165) is 25.3 Å². The molecule has 0 spiro atoms. The fraction of sp³-hybridized carbons (Fsp3) is 0.571. The summed E-state index contributed by atoms with van der Waals surface area (Å²) in [6.07, 6.45) is 3.05. The Morgan fingerprint density at radius 2 is 1.88 bits per heavy atom. The highest BCUT2D eigenvalue weighted by atomic mass is 19.2. The number of hydrogen-bond acceptors (Lipinski definition) is 1. The zero-order valence-electron chi connectivity index (χ0n) is 10.3. The SMILES string of the molecule is CC1(C)CCCC1(O)Cc1ccc(F)c(F)c1. The Morgan fingerprint density at radius 1 is 1.18 bits per heavy atom. The molecule has 0 radical (unpaired) electrons. The van der Waals surface area contributed by atoms with Crippen molar-refractivity contribution in [3.63, 3.8) is 0 Å². The molecule has 1 unspecified atom stereocenters. The van der Waals surface area contributed by atoms with E-state index < -0.39 is 17.2 Å². The van der Waals surface area contributed by atoms with E-state index in [9.17, 15) is 13.9 Å². The number of benzene rings is 1. The summed E-state index contributed by atoms with van der Waals surface area (Å²) < 4.78 is 25.9. The number of hydrogen-bond donors (Lipinski definition) is 1. The lowest BCUT2D eigenvalue weighted by atomic mass is 9.74. The maximum Gasteiger partial charge on any atom is 0.159 e. The van der Waals surface area contributed by atoms with Gasteiger partial charge in [0.1, 0.15) is 0 Å². The van der Waals surface area contributed by atoms with E-state index in [1.54, 1.807) is 6.07 Å². The third kappa shape index (κ3) is 2.21. The van der Waals surface area contributed by atoms with Crippen molar-refractivity contribution in [3.05, 3.63) is 35.4 Å². The predicted octanol–water partition coefficient (Wildman–Crippen LogP) is 3.45. The highest BCUT2D eigenvalue weighted by molar-refractivity contribution is 5.21. The van der Waals surface area contributed by atoms with E-state index in [2.05, 4.69) is 0 Å². The van der Waals surface area contributed by atoms with Crippen LogP contribution in [0.25, 0.3) is 0 Å². The minimum absolute atomic E-state index is 0.169. The fourth-order valence-corrected chi connectivity index (χ4v) is 2.71. The van der Waals surface area contributed by atoms with Crippen LogP contribution in [0.15, 0.2) is 18.2 Å². The van der Waals surface area contributed by atoms with E-state index in [0.29, 0.717) is 12.0 Å². The Balaban J connectivity index is 2.23. The van der Waals surface area contributed by atoms with Gasteiger partial charge in [-0.15, -0.1) is 0 Å². The van der Waals surface area contributed by atoms with Crippen LogP contribution in [-0.2, 0) is 6.42 Å². The van der Waals surface area contributed by atoms with Crippen molar-refractivity contribution in [1.82, 2.24) is 0 Å². The summed E-state index contributed by atoms with van der Waals surface area (Å²) in [5.74, 6) is -1.69. The van der Waals surface area contributed by atoms with Gasteiger partial charge < -0.3 is 5.11 Å². The van der Waals surface area contributed by atoms with Crippen LogP contribution in [0.5, 0.6) is 0 Å². The van der Waals surface area contributed by atoms with Crippen LogP contribution in [0.3, 0.4) is 0 Å². The molecular formula is C14H18F2O. The summed E-state index contributed by atoms with van der Waals surface area (Å²) in [6.45, 7) is 4.06. The maximum atomic E-state index is 13.1. The summed E-state index contributed by atoms with van der Waals surface area (Å²) in [6, 6.07) is 3.85. The first-order chi connectivity index (χ1) is 7.84. The molecular weight excluding hydrogens is 222 g/mol. The molecule has 1 aromatic carbocycles. The normalized spacial score (nSPS) is 27.4. The Kier molecular flexibility index (Phi) is 2.98. The van der Waals surface area contributed by atoms with Crippen molar-refractivity contribution in [2.24, 2.45) is 5.41 Å². The van der Waals surface area contributed by atoms with Gasteiger partial charge in [-0.25, -0.2) is 8.78 Å². The summed E-state index contributed by atoms with van der Waals surface area (Å²) in [7, 11) is 0. The molecule has 0 heterocycles. The van der Waals surface area contributed by atoms with Gasteiger partial charge in [-0.05, 0) is 42.4 Å². The van der Waals surface area contributed by atoms with Crippen LogP contribution >= 0.6 is 0 Å². The van der Waals surface area contributed by atoms with Crippen molar-refractivity contribution >= 4 is 0 Å². The zero-order valence-corrected chi connectivity index (χ0v) is 10.3. The summed E-state index contributed by atoms with van der Waals surface area (Å²) >= 11 is 0. The third-order valence-electron chi connectivity index (χ3n) is 4.13. The van der Waals surface area contributed by atoms with E-state index in [4.69, 9.17) is 0 Å². The van der Waals surface area contributed by atoms with Gasteiger partial charge in [0.25, 0.3) is 0 Å². The smallest absolute Gasteiger partial charge is 0.159 e. The lowest BCUT2D eigenvalue weighted by Gasteiger charge is -2.37. The molecule has 1 nitrogen and oxygen atoms in total. The van der Waals surface area contributed by atoms with Gasteiger partial charge in [-0.2, -0.15) is 0 Å². The van der Waals surface area contributed by atoms with Crippen LogP contribution in [0, 0.1) is 17.0 Å². The molecule has 1 N–H and O–H groups in total. The lowest BCUT2D eigenvalue weighted by Crippen LogP contribution is -2.41. The van der Waals surface area contributed by atoms with Gasteiger partial charge in [-0.1, -0.05) is 19.9 Å². The number of aliphatic hydroxyl groups is 1. The quantitative estimate of drug-likeness (QED) is 0.839. The molecule has 0 aromatic heterocycles.